The van der Waals surface area contributed by atoms with E-state index in [0.29, 0.717) is 47.2 Å². The molecular formula is C12H17Cl2NO2. The lowest BCUT2D eigenvalue weighted by Gasteiger charge is -2.11. The molecule has 0 aliphatic carbocycles. The molecule has 0 aliphatic rings. The molecular weight excluding hydrogens is 261 g/mol. The zero-order chi connectivity index (χ0) is 12.8. The van der Waals surface area contributed by atoms with Crippen molar-refractivity contribution >= 4 is 28.9 Å². The van der Waals surface area contributed by atoms with E-state index >= 15 is 0 Å². The molecule has 0 amide bonds. The highest BCUT2D eigenvalue weighted by Gasteiger charge is 2.08. The van der Waals surface area contributed by atoms with Crippen LogP contribution >= 0.6 is 23.2 Å². The molecule has 5 heteroatoms. The second-order valence-electron chi connectivity index (χ2n) is 4.13. The summed E-state index contributed by atoms with van der Waals surface area (Å²) in [6.07, 6.45) is 0. The Morgan fingerprint density at radius 1 is 1.18 bits per heavy atom. The van der Waals surface area contributed by atoms with Gasteiger partial charge in [-0.25, -0.2) is 0 Å². The van der Waals surface area contributed by atoms with Crippen LogP contribution in [0, 0.1) is 5.92 Å². The molecule has 0 saturated carbocycles. The average molecular weight is 278 g/mol. The minimum atomic E-state index is 0.413. The second-order valence-corrected chi connectivity index (χ2v) is 4.95. The van der Waals surface area contributed by atoms with Crippen LogP contribution in [0.25, 0.3) is 0 Å². The van der Waals surface area contributed by atoms with Gasteiger partial charge in [0.2, 0.25) is 0 Å². The average Bonchev–Trinajstić information content (AvgIpc) is 2.20. The first kappa shape index (κ1) is 14.4. The van der Waals surface area contributed by atoms with Crippen LogP contribution in [0.1, 0.15) is 13.8 Å². The maximum atomic E-state index is 5.97. The Bertz CT molecular complexity index is 347. The summed E-state index contributed by atoms with van der Waals surface area (Å²) >= 11 is 11.9. The van der Waals surface area contributed by atoms with Crippen molar-refractivity contribution in [1.29, 1.82) is 0 Å². The molecule has 0 radical (unpaired) electrons. The van der Waals surface area contributed by atoms with Gasteiger partial charge in [-0.3, -0.25) is 0 Å². The molecule has 1 aromatic carbocycles. The van der Waals surface area contributed by atoms with E-state index in [9.17, 15) is 0 Å². The van der Waals surface area contributed by atoms with Gasteiger partial charge in [0.15, 0.2) is 5.75 Å². The number of hydrogen-bond acceptors (Lipinski definition) is 3. The standard InChI is InChI=1S/C12H17Cl2NO2/c1-8(2)7-16-3-4-17-12-10(13)5-9(15)6-11(12)14/h5-6,8H,3-4,7,15H2,1-2H3. The number of ether oxygens (including phenoxy) is 2. The predicted molar refractivity (Wildman–Crippen MR) is 72.0 cm³/mol. The lowest BCUT2D eigenvalue weighted by Crippen LogP contribution is -2.10. The molecule has 17 heavy (non-hydrogen) atoms. The largest absolute Gasteiger partial charge is 0.488 e. The molecule has 0 bridgehead atoms. The molecule has 0 atom stereocenters. The zero-order valence-electron chi connectivity index (χ0n) is 10.0. The SMILES string of the molecule is CC(C)COCCOc1c(Cl)cc(N)cc1Cl. The number of nitrogen functional groups attached to an aromatic ring is 1. The molecule has 3 nitrogen and oxygen atoms in total. The minimum absolute atomic E-state index is 0.413. The van der Waals surface area contributed by atoms with Gasteiger partial charge >= 0.3 is 0 Å². The van der Waals surface area contributed by atoms with Gasteiger partial charge in [0.1, 0.15) is 6.61 Å². The highest BCUT2D eigenvalue weighted by Crippen LogP contribution is 2.34. The van der Waals surface area contributed by atoms with Gasteiger partial charge in [0, 0.05) is 12.3 Å². The van der Waals surface area contributed by atoms with Crippen molar-refractivity contribution in [3.05, 3.63) is 22.2 Å². The Morgan fingerprint density at radius 3 is 2.29 bits per heavy atom. The van der Waals surface area contributed by atoms with E-state index in [1.165, 1.54) is 0 Å². The molecule has 1 rings (SSSR count). The smallest absolute Gasteiger partial charge is 0.156 e. The Kier molecular flexibility index (Phi) is 5.89. The molecule has 0 unspecified atom stereocenters. The van der Waals surface area contributed by atoms with Crippen LogP contribution < -0.4 is 10.5 Å². The molecule has 0 spiro atoms. The molecule has 1 aromatic rings. The summed E-state index contributed by atoms with van der Waals surface area (Å²) in [5.74, 6) is 0.967. The highest BCUT2D eigenvalue weighted by atomic mass is 35.5. The third-order valence-corrected chi connectivity index (χ3v) is 2.51. The number of benzene rings is 1. The van der Waals surface area contributed by atoms with Crippen molar-refractivity contribution in [2.75, 3.05) is 25.6 Å². The lowest BCUT2D eigenvalue weighted by atomic mass is 10.2. The van der Waals surface area contributed by atoms with Crippen LogP contribution in [0.15, 0.2) is 12.1 Å². The van der Waals surface area contributed by atoms with Crippen LogP contribution in [0.3, 0.4) is 0 Å². The molecule has 2 N–H and O–H groups in total. The minimum Gasteiger partial charge on any atom is -0.488 e. The summed E-state index contributed by atoms with van der Waals surface area (Å²) in [6.45, 7) is 5.82. The van der Waals surface area contributed by atoms with E-state index in [4.69, 9.17) is 38.4 Å². The molecule has 96 valence electrons. The number of anilines is 1. The number of rotatable bonds is 6. The van der Waals surface area contributed by atoms with Crippen molar-refractivity contribution in [2.45, 2.75) is 13.8 Å². The fourth-order valence-electron chi connectivity index (χ4n) is 1.24. The van der Waals surface area contributed by atoms with Gasteiger partial charge in [-0.05, 0) is 18.1 Å². The number of hydrogen-bond donors (Lipinski definition) is 1. The number of nitrogens with two attached hydrogens (primary N) is 1. The maximum Gasteiger partial charge on any atom is 0.156 e. The highest BCUT2D eigenvalue weighted by molar-refractivity contribution is 6.37. The Hall–Kier alpha value is -0.640. The Labute approximate surface area is 112 Å². The van der Waals surface area contributed by atoms with Gasteiger partial charge in [-0.1, -0.05) is 37.0 Å². The van der Waals surface area contributed by atoms with Gasteiger partial charge in [0.25, 0.3) is 0 Å². The van der Waals surface area contributed by atoms with Crippen molar-refractivity contribution in [3.8, 4) is 5.75 Å². The molecule has 0 aromatic heterocycles. The summed E-state index contributed by atoms with van der Waals surface area (Å²) in [4.78, 5) is 0. The molecule has 0 fully saturated rings. The Balaban J connectivity index is 2.42. The van der Waals surface area contributed by atoms with Gasteiger partial charge < -0.3 is 15.2 Å². The van der Waals surface area contributed by atoms with Gasteiger partial charge in [-0.2, -0.15) is 0 Å². The van der Waals surface area contributed by atoms with Crippen LogP contribution in [-0.2, 0) is 4.74 Å². The van der Waals surface area contributed by atoms with E-state index in [-0.39, 0.29) is 0 Å². The first-order valence-electron chi connectivity index (χ1n) is 5.45. The predicted octanol–water partition coefficient (Wildman–Crippen LogP) is 3.63. The third-order valence-electron chi connectivity index (χ3n) is 1.95. The van der Waals surface area contributed by atoms with E-state index in [0.717, 1.165) is 0 Å². The van der Waals surface area contributed by atoms with E-state index in [2.05, 4.69) is 13.8 Å². The van der Waals surface area contributed by atoms with Gasteiger partial charge in [-0.15, -0.1) is 0 Å². The van der Waals surface area contributed by atoms with Crippen molar-refractivity contribution in [1.82, 2.24) is 0 Å². The van der Waals surface area contributed by atoms with Gasteiger partial charge in [0.05, 0.1) is 16.7 Å². The van der Waals surface area contributed by atoms with Crippen LogP contribution in [0.2, 0.25) is 10.0 Å². The first-order chi connectivity index (χ1) is 8.00. The Morgan fingerprint density at radius 2 is 1.76 bits per heavy atom. The van der Waals surface area contributed by atoms with Crippen molar-refractivity contribution in [3.63, 3.8) is 0 Å². The van der Waals surface area contributed by atoms with E-state index in [1.807, 2.05) is 0 Å². The van der Waals surface area contributed by atoms with Crippen LogP contribution in [-0.4, -0.2) is 19.8 Å². The first-order valence-corrected chi connectivity index (χ1v) is 6.21. The maximum absolute atomic E-state index is 5.97. The topological polar surface area (TPSA) is 44.5 Å². The summed E-state index contributed by atoms with van der Waals surface area (Å²) in [5, 5.41) is 0.831. The van der Waals surface area contributed by atoms with E-state index < -0.39 is 0 Å². The summed E-state index contributed by atoms with van der Waals surface area (Å²) in [5.41, 5.74) is 6.11. The van der Waals surface area contributed by atoms with E-state index in [1.54, 1.807) is 12.1 Å². The summed E-state index contributed by atoms with van der Waals surface area (Å²) < 4.78 is 10.8. The monoisotopic (exact) mass is 277 g/mol. The second kappa shape index (κ2) is 6.94. The quantitative estimate of drug-likeness (QED) is 0.638. The van der Waals surface area contributed by atoms with Crippen LogP contribution in [0.5, 0.6) is 5.75 Å². The fourth-order valence-corrected chi connectivity index (χ4v) is 1.85. The number of halogens is 2. The summed E-state index contributed by atoms with van der Waals surface area (Å²) in [7, 11) is 0. The fraction of sp³-hybridized carbons (Fsp3) is 0.500. The van der Waals surface area contributed by atoms with Crippen molar-refractivity contribution < 1.29 is 9.47 Å². The molecule has 0 heterocycles. The molecule has 0 aliphatic heterocycles. The van der Waals surface area contributed by atoms with Crippen molar-refractivity contribution in [2.24, 2.45) is 5.92 Å². The third kappa shape index (κ3) is 5.02. The van der Waals surface area contributed by atoms with Crippen LogP contribution in [0.4, 0.5) is 5.69 Å². The normalized spacial score (nSPS) is 10.9. The zero-order valence-corrected chi connectivity index (χ0v) is 11.5. The molecule has 0 saturated heterocycles. The lowest BCUT2D eigenvalue weighted by molar-refractivity contribution is 0.0819. The summed E-state index contributed by atoms with van der Waals surface area (Å²) in [6, 6.07) is 3.22.